The first-order chi connectivity index (χ1) is 13.4. The SMILES string of the molecule is O=C(c1ccccc1-c1ccc(C(F)(F)F)cc1)N1CCC2(CCNC2)CC1. The molecule has 2 aliphatic heterocycles. The average molecular weight is 388 g/mol. The molecule has 2 saturated heterocycles. The summed E-state index contributed by atoms with van der Waals surface area (Å²) in [5.74, 6) is -0.0451. The van der Waals surface area contributed by atoms with Gasteiger partial charge in [0.1, 0.15) is 0 Å². The van der Waals surface area contributed by atoms with Crippen LogP contribution < -0.4 is 5.32 Å². The summed E-state index contributed by atoms with van der Waals surface area (Å²) in [6, 6.07) is 12.2. The topological polar surface area (TPSA) is 32.3 Å². The fourth-order valence-corrected chi connectivity index (χ4v) is 4.34. The molecule has 2 aliphatic rings. The van der Waals surface area contributed by atoms with Gasteiger partial charge in [0.05, 0.1) is 5.56 Å². The molecule has 1 amide bonds. The summed E-state index contributed by atoms with van der Waals surface area (Å²) in [7, 11) is 0. The maximum absolute atomic E-state index is 13.2. The lowest BCUT2D eigenvalue weighted by Gasteiger charge is -2.39. The molecule has 148 valence electrons. The normalized spacial score (nSPS) is 19.2. The molecule has 3 nitrogen and oxygen atoms in total. The number of nitrogens with one attached hydrogen (secondary N) is 1. The average Bonchev–Trinajstić information content (AvgIpc) is 3.15. The van der Waals surface area contributed by atoms with Gasteiger partial charge in [-0.05, 0) is 60.5 Å². The number of nitrogens with zero attached hydrogens (tertiary/aromatic N) is 1. The third-order valence-electron chi connectivity index (χ3n) is 6.12. The van der Waals surface area contributed by atoms with E-state index in [0.717, 1.165) is 57.6 Å². The highest BCUT2D eigenvalue weighted by Gasteiger charge is 2.38. The Morgan fingerprint density at radius 1 is 0.964 bits per heavy atom. The molecule has 0 atom stereocenters. The first-order valence-electron chi connectivity index (χ1n) is 9.65. The Hall–Kier alpha value is -2.34. The molecule has 0 unspecified atom stereocenters. The van der Waals surface area contributed by atoms with E-state index in [-0.39, 0.29) is 5.91 Å². The summed E-state index contributed by atoms with van der Waals surface area (Å²) >= 11 is 0. The highest BCUT2D eigenvalue weighted by atomic mass is 19.4. The van der Waals surface area contributed by atoms with Crippen LogP contribution in [0.2, 0.25) is 0 Å². The van der Waals surface area contributed by atoms with E-state index in [0.29, 0.717) is 22.1 Å². The minimum Gasteiger partial charge on any atom is -0.339 e. The molecule has 2 fully saturated rings. The van der Waals surface area contributed by atoms with Gasteiger partial charge in [-0.2, -0.15) is 13.2 Å². The molecular formula is C22H23F3N2O. The van der Waals surface area contributed by atoms with E-state index in [1.54, 1.807) is 24.3 Å². The van der Waals surface area contributed by atoms with Gasteiger partial charge in [-0.25, -0.2) is 0 Å². The van der Waals surface area contributed by atoms with E-state index in [9.17, 15) is 18.0 Å². The Bertz CT molecular complexity index is 845. The third kappa shape index (κ3) is 3.65. The van der Waals surface area contributed by atoms with Crippen LogP contribution in [0.1, 0.15) is 35.2 Å². The van der Waals surface area contributed by atoms with Gasteiger partial charge in [-0.1, -0.05) is 30.3 Å². The van der Waals surface area contributed by atoms with Crippen molar-refractivity contribution in [2.75, 3.05) is 26.2 Å². The Morgan fingerprint density at radius 2 is 1.64 bits per heavy atom. The molecular weight excluding hydrogens is 365 g/mol. The molecule has 1 spiro atoms. The maximum atomic E-state index is 13.2. The van der Waals surface area contributed by atoms with Gasteiger partial charge < -0.3 is 10.2 Å². The largest absolute Gasteiger partial charge is 0.416 e. The van der Waals surface area contributed by atoms with Crippen molar-refractivity contribution in [3.63, 3.8) is 0 Å². The number of alkyl halides is 3. The lowest BCUT2D eigenvalue weighted by atomic mass is 9.77. The molecule has 0 saturated carbocycles. The molecule has 1 N–H and O–H groups in total. The minimum absolute atomic E-state index is 0.0451. The van der Waals surface area contributed by atoms with Crippen LogP contribution in [-0.4, -0.2) is 37.0 Å². The lowest BCUT2D eigenvalue weighted by Crippen LogP contribution is -2.44. The summed E-state index contributed by atoms with van der Waals surface area (Å²) in [5, 5.41) is 3.42. The van der Waals surface area contributed by atoms with Crippen LogP contribution in [0.5, 0.6) is 0 Å². The number of likely N-dealkylation sites (tertiary alicyclic amines) is 1. The second kappa shape index (κ2) is 7.24. The maximum Gasteiger partial charge on any atom is 0.416 e. The van der Waals surface area contributed by atoms with E-state index in [4.69, 9.17) is 0 Å². The molecule has 2 aromatic carbocycles. The zero-order chi connectivity index (χ0) is 19.8. The number of rotatable bonds is 2. The van der Waals surface area contributed by atoms with Crippen LogP contribution in [0.15, 0.2) is 48.5 Å². The number of piperidine rings is 1. The number of benzene rings is 2. The molecule has 28 heavy (non-hydrogen) atoms. The number of hydrogen-bond donors (Lipinski definition) is 1. The summed E-state index contributed by atoms with van der Waals surface area (Å²) in [4.78, 5) is 15.0. The summed E-state index contributed by atoms with van der Waals surface area (Å²) in [5.41, 5.74) is 1.47. The number of amides is 1. The summed E-state index contributed by atoms with van der Waals surface area (Å²) < 4.78 is 38.5. The van der Waals surface area contributed by atoms with Crippen molar-refractivity contribution in [2.45, 2.75) is 25.4 Å². The van der Waals surface area contributed by atoms with Crippen molar-refractivity contribution in [1.29, 1.82) is 0 Å². The second-order valence-corrected chi connectivity index (χ2v) is 7.84. The predicted octanol–water partition coefficient (Wildman–Crippen LogP) is 4.59. The monoisotopic (exact) mass is 388 g/mol. The van der Waals surface area contributed by atoms with E-state index >= 15 is 0 Å². The van der Waals surface area contributed by atoms with E-state index in [1.807, 2.05) is 4.90 Å². The van der Waals surface area contributed by atoms with Crippen molar-refractivity contribution < 1.29 is 18.0 Å². The van der Waals surface area contributed by atoms with Crippen molar-refractivity contribution in [1.82, 2.24) is 10.2 Å². The van der Waals surface area contributed by atoms with Gasteiger partial charge in [0.25, 0.3) is 5.91 Å². The van der Waals surface area contributed by atoms with E-state index in [1.165, 1.54) is 12.1 Å². The minimum atomic E-state index is -4.37. The Morgan fingerprint density at radius 3 is 2.25 bits per heavy atom. The van der Waals surface area contributed by atoms with Gasteiger partial charge in [-0.3, -0.25) is 4.79 Å². The standard InChI is InChI=1S/C22H23F3N2O/c23-22(24,25)17-7-5-16(6-8-17)18-3-1-2-4-19(18)20(28)27-13-10-21(11-14-27)9-12-26-15-21/h1-8,26H,9-15H2. The summed E-state index contributed by atoms with van der Waals surface area (Å²) in [6.07, 6.45) is -1.22. The first-order valence-corrected chi connectivity index (χ1v) is 9.65. The Kier molecular flexibility index (Phi) is 4.91. The number of carbonyl (C=O) groups excluding carboxylic acids is 1. The van der Waals surface area contributed by atoms with Crippen molar-refractivity contribution in [3.8, 4) is 11.1 Å². The molecule has 2 aromatic rings. The molecule has 0 aliphatic carbocycles. The van der Waals surface area contributed by atoms with Crippen molar-refractivity contribution in [3.05, 3.63) is 59.7 Å². The van der Waals surface area contributed by atoms with E-state index in [2.05, 4.69) is 5.32 Å². The molecule has 6 heteroatoms. The van der Waals surface area contributed by atoms with Gasteiger partial charge in [-0.15, -0.1) is 0 Å². The van der Waals surface area contributed by atoms with Gasteiger partial charge in [0.15, 0.2) is 0 Å². The molecule has 0 aromatic heterocycles. The zero-order valence-corrected chi connectivity index (χ0v) is 15.6. The molecule has 4 rings (SSSR count). The number of carbonyl (C=O) groups is 1. The van der Waals surface area contributed by atoms with Gasteiger partial charge in [0.2, 0.25) is 0 Å². The quantitative estimate of drug-likeness (QED) is 0.816. The van der Waals surface area contributed by atoms with Crippen molar-refractivity contribution in [2.24, 2.45) is 5.41 Å². The van der Waals surface area contributed by atoms with Crippen LogP contribution in [0.4, 0.5) is 13.2 Å². The fraction of sp³-hybridized carbons (Fsp3) is 0.409. The molecule has 0 bridgehead atoms. The molecule has 2 heterocycles. The highest BCUT2D eigenvalue weighted by Crippen LogP contribution is 2.38. The van der Waals surface area contributed by atoms with Crippen molar-refractivity contribution >= 4 is 5.91 Å². The third-order valence-corrected chi connectivity index (χ3v) is 6.12. The van der Waals surface area contributed by atoms with Crippen LogP contribution in [-0.2, 0) is 6.18 Å². The predicted molar refractivity (Wildman–Crippen MR) is 102 cm³/mol. The lowest BCUT2D eigenvalue weighted by molar-refractivity contribution is -0.137. The Labute approximate surface area is 162 Å². The summed E-state index contributed by atoms with van der Waals surface area (Å²) in [6.45, 7) is 3.52. The van der Waals surface area contributed by atoms with Crippen LogP contribution in [0, 0.1) is 5.41 Å². The van der Waals surface area contributed by atoms with Crippen LogP contribution in [0.3, 0.4) is 0 Å². The zero-order valence-electron chi connectivity index (χ0n) is 15.6. The van der Waals surface area contributed by atoms with Gasteiger partial charge >= 0.3 is 6.18 Å². The Balaban J connectivity index is 1.55. The fourth-order valence-electron chi connectivity index (χ4n) is 4.34. The second-order valence-electron chi connectivity index (χ2n) is 7.84. The van der Waals surface area contributed by atoms with Crippen LogP contribution >= 0.6 is 0 Å². The van der Waals surface area contributed by atoms with Crippen LogP contribution in [0.25, 0.3) is 11.1 Å². The molecule has 0 radical (unpaired) electrons. The highest BCUT2D eigenvalue weighted by molar-refractivity contribution is 6.01. The number of halogens is 3. The number of hydrogen-bond acceptors (Lipinski definition) is 2. The van der Waals surface area contributed by atoms with Gasteiger partial charge in [0, 0.05) is 25.2 Å². The van der Waals surface area contributed by atoms with E-state index < -0.39 is 11.7 Å². The smallest absolute Gasteiger partial charge is 0.339 e. The first kappa shape index (κ1) is 19.0.